The second-order valence-electron chi connectivity index (χ2n) is 6.48. The van der Waals surface area contributed by atoms with Gasteiger partial charge in [0.25, 0.3) is 0 Å². The summed E-state index contributed by atoms with van der Waals surface area (Å²) in [6.45, 7) is 1.99. The first-order valence-electron chi connectivity index (χ1n) is 8.83. The van der Waals surface area contributed by atoms with Gasteiger partial charge in [-0.1, -0.05) is 24.1 Å². The van der Waals surface area contributed by atoms with Crippen molar-refractivity contribution in [1.82, 2.24) is 19.9 Å². The van der Waals surface area contributed by atoms with Gasteiger partial charge >= 0.3 is 0 Å². The third-order valence-corrected chi connectivity index (χ3v) is 4.37. The van der Waals surface area contributed by atoms with Crippen LogP contribution in [-0.4, -0.2) is 46.1 Å². The van der Waals surface area contributed by atoms with E-state index in [2.05, 4.69) is 38.7 Å². The topological polar surface area (TPSA) is 51.1 Å². The van der Waals surface area contributed by atoms with E-state index in [4.69, 9.17) is 4.74 Å². The van der Waals surface area contributed by atoms with E-state index in [9.17, 15) is 0 Å². The summed E-state index contributed by atoms with van der Waals surface area (Å²) in [4.78, 5) is 15.8. The quantitative estimate of drug-likeness (QED) is 0.669. The van der Waals surface area contributed by atoms with Crippen LogP contribution < -0.4 is 4.74 Å². The molecule has 4 rings (SSSR count). The number of fused-ring (bicyclic) bond motifs is 1. The van der Waals surface area contributed by atoms with E-state index in [1.807, 2.05) is 42.5 Å². The fourth-order valence-electron chi connectivity index (χ4n) is 3.07. The molecule has 0 N–H and O–H groups in total. The molecule has 0 amide bonds. The van der Waals surface area contributed by atoms with E-state index in [1.54, 1.807) is 6.20 Å². The Hall–Kier alpha value is -2.97. The van der Waals surface area contributed by atoms with Crippen LogP contribution in [0.4, 0.5) is 0 Å². The summed E-state index contributed by atoms with van der Waals surface area (Å²) in [5, 5.41) is 0. The van der Waals surface area contributed by atoms with Gasteiger partial charge in [0.2, 0.25) is 5.88 Å². The summed E-state index contributed by atoms with van der Waals surface area (Å²) >= 11 is 0. The number of likely N-dealkylation sites (N-methyl/N-ethyl adjacent to an activating group) is 1. The van der Waals surface area contributed by atoms with Crippen LogP contribution in [0.15, 0.2) is 48.7 Å². The highest BCUT2D eigenvalue weighted by molar-refractivity contribution is 5.71. The number of benzene rings is 1. The highest BCUT2D eigenvalue weighted by Crippen LogP contribution is 2.21. The number of piperidine rings is 1. The normalized spacial score (nSPS) is 17.5. The maximum Gasteiger partial charge on any atom is 0.250 e. The van der Waals surface area contributed by atoms with E-state index < -0.39 is 0 Å². The number of likely N-dealkylation sites (tertiary alicyclic amines) is 1. The maximum absolute atomic E-state index is 6.21. The molecule has 130 valence electrons. The largest absolute Gasteiger partial charge is 0.471 e. The molecule has 0 radical (unpaired) electrons. The number of aromatic nitrogens is 3. The lowest BCUT2D eigenvalue weighted by Gasteiger charge is -2.29. The minimum atomic E-state index is 0.106. The molecule has 0 saturated carbocycles. The van der Waals surface area contributed by atoms with Crippen molar-refractivity contribution < 1.29 is 4.74 Å². The maximum atomic E-state index is 6.21. The summed E-state index contributed by atoms with van der Waals surface area (Å²) in [5.41, 5.74) is 2.77. The number of hydrogen-bond donors (Lipinski definition) is 0. The Bertz CT molecular complexity index is 962. The van der Waals surface area contributed by atoms with Gasteiger partial charge < -0.3 is 9.64 Å². The molecule has 1 unspecified atom stereocenters. The van der Waals surface area contributed by atoms with Crippen LogP contribution in [0.5, 0.6) is 5.88 Å². The molecule has 5 heteroatoms. The van der Waals surface area contributed by atoms with E-state index >= 15 is 0 Å². The molecule has 3 aromatic rings. The van der Waals surface area contributed by atoms with E-state index in [-0.39, 0.29) is 6.10 Å². The second kappa shape index (κ2) is 7.51. The minimum Gasteiger partial charge on any atom is -0.471 e. The Kier molecular flexibility index (Phi) is 4.76. The van der Waals surface area contributed by atoms with Crippen LogP contribution in [0.25, 0.3) is 11.2 Å². The van der Waals surface area contributed by atoms with Crippen LogP contribution >= 0.6 is 0 Å². The fraction of sp³-hybridized carbons (Fsp3) is 0.286. The summed E-state index contributed by atoms with van der Waals surface area (Å²) < 4.78 is 6.21. The van der Waals surface area contributed by atoms with Crippen molar-refractivity contribution in [1.29, 1.82) is 0 Å². The third kappa shape index (κ3) is 3.81. The van der Waals surface area contributed by atoms with Gasteiger partial charge in [0.1, 0.15) is 11.6 Å². The number of rotatable bonds is 2. The molecule has 5 nitrogen and oxygen atoms in total. The lowest BCUT2D eigenvalue weighted by Crippen LogP contribution is -2.38. The molecule has 2 aromatic heterocycles. The zero-order valence-electron chi connectivity index (χ0n) is 14.7. The van der Waals surface area contributed by atoms with Gasteiger partial charge in [0, 0.05) is 18.3 Å². The Morgan fingerprint density at radius 3 is 2.81 bits per heavy atom. The summed E-state index contributed by atoms with van der Waals surface area (Å²) in [6.07, 6.45) is 3.95. The average molecular weight is 344 g/mol. The van der Waals surface area contributed by atoms with Gasteiger partial charge in [-0.15, -0.1) is 0 Å². The monoisotopic (exact) mass is 344 g/mol. The molecule has 26 heavy (non-hydrogen) atoms. The molecule has 1 aromatic carbocycles. The predicted octanol–water partition coefficient (Wildman–Crippen LogP) is 2.90. The van der Waals surface area contributed by atoms with Gasteiger partial charge in [0.05, 0.1) is 0 Å². The van der Waals surface area contributed by atoms with Crippen molar-refractivity contribution in [2.45, 2.75) is 18.9 Å². The fourth-order valence-corrected chi connectivity index (χ4v) is 3.07. The van der Waals surface area contributed by atoms with Crippen molar-refractivity contribution in [3.05, 3.63) is 59.9 Å². The number of pyridine rings is 1. The summed E-state index contributed by atoms with van der Waals surface area (Å²) in [6, 6.07) is 13.6. The lowest BCUT2D eigenvalue weighted by molar-refractivity contribution is 0.0997. The first-order chi connectivity index (χ1) is 12.8. The smallest absolute Gasteiger partial charge is 0.250 e. The predicted molar refractivity (Wildman–Crippen MR) is 101 cm³/mol. The minimum absolute atomic E-state index is 0.106. The van der Waals surface area contributed by atoms with Crippen molar-refractivity contribution in [3.63, 3.8) is 0 Å². The zero-order chi connectivity index (χ0) is 17.8. The third-order valence-electron chi connectivity index (χ3n) is 4.37. The Balaban J connectivity index is 1.70. The van der Waals surface area contributed by atoms with E-state index in [1.165, 1.54) is 0 Å². The number of hydrogen-bond acceptors (Lipinski definition) is 5. The standard InChI is InChI=1S/C21H20N4O/c1-25-14-6-9-17(15-25)26-21-19(12-11-16-7-3-2-4-8-16)23-20-18(24-21)10-5-13-22-20/h2-5,7-8,10,13,17H,6,9,14-15H2,1H3. The summed E-state index contributed by atoms with van der Waals surface area (Å²) in [7, 11) is 2.11. The van der Waals surface area contributed by atoms with Gasteiger partial charge in [-0.2, -0.15) is 0 Å². The van der Waals surface area contributed by atoms with Gasteiger partial charge in [-0.05, 0) is 56.6 Å². The second-order valence-corrected chi connectivity index (χ2v) is 6.48. The molecule has 0 bridgehead atoms. The number of ether oxygens (including phenoxy) is 1. The molecule has 1 aliphatic heterocycles. The van der Waals surface area contributed by atoms with Crippen molar-refractivity contribution in [2.75, 3.05) is 20.1 Å². The number of nitrogens with zero attached hydrogens (tertiary/aromatic N) is 4. The molecule has 0 aliphatic carbocycles. The molecule has 0 spiro atoms. The molecule has 3 heterocycles. The van der Waals surface area contributed by atoms with Gasteiger partial charge in [0.15, 0.2) is 11.3 Å². The highest BCUT2D eigenvalue weighted by atomic mass is 16.5. The van der Waals surface area contributed by atoms with E-state index in [0.29, 0.717) is 17.2 Å². The Morgan fingerprint density at radius 1 is 1.08 bits per heavy atom. The Morgan fingerprint density at radius 2 is 1.96 bits per heavy atom. The van der Waals surface area contributed by atoms with Crippen molar-refractivity contribution in [2.24, 2.45) is 0 Å². The van der Waals surface area contributed by atoms with Crippen LogP contribution in [0, 0.1) is 11.8 Å². The highest BCUT2D eigenvalue weighted by Gasteiger charge is 2.21. The molecular weight excluding hydrogens is 324 g/mol. The van der Waals surface area contributed by atoms with Crippen LogP contribution in [0.1, 0.15) is 24.1 Å². The van der Waals surface area contributed by atoms with Crippen molar-refractivity contribution >= 4 is 11.2 Å². The SMILES string of the molecule is CN1CCCC(Oc2nc3cccnc3nc2C#Cc2ccccc2)C1. The molecular formula is C21H20N4O. The lowest BCUT2D eigenvalue weighted by atomic mass is 10.1. The first-order valence-corrected chi connectivity index (χ1v) is 8.83. The van der Waals surface area contributed by atoms with Crippen LogP contribution in [0.3, 0.4) is 0 Å². The molecule has 1 aliphatic rings. The average Bonchev–Trinajstić information content (AvgIpc) is 2.67. The molecule has 1 fully saturated rings. The van der Waals surface area contributed by atoms with Crippen molar-refractivity contribution in [3.8, 4) is 17.7 Å². The Labute approximate surface area is 153 Å². The van der Waals surface area contributed by atoms with Crippen LogP contribution in [-0.2, 0) is 0 Å². The van der Waals surface area contributed by atoms with Gasteiger partial charge in [-0.3, -0.25) is 0 Å². The molecule has 1 saturated heterocycles. The van der Waals surface area contributed by atoms with Crippen LogP contribution in [0.2, 0.25) is 0 Å². The summed E-state index contributed by atoms with van der Waals surface area (Å²) in [5.74, 6) is 6.76. The van der Waals surface area contributed by atoms with Gasteiger partial charge in [-0.25, -0.2) is 15.0 Å². The first kappa shape index (κ1) is 16.5. The molecule has 1 atom stereocenters. The van der Waals surface area contributed by atoms with E-state index in [0.717, 1.165) is 37.0 Å². The zero-order valence-corrected chi connectivity index (χ0v) is 14.7.